The van der Waals surface area contributed by atoms with E-state index < -0.39 is 0 Å². The smallest absolute Gasteiger partial charge is 0.169 e. The highest BCUT2D eigenvalue weighted by Crippen LogP contribution is 2.27. The second-order valence-electron chi connectivity index (χ2n) is 3.92. The van der Waals surface area contributed by atoms with Crippen LogP contribution in [-0.4, -0.2) is 34.5 Å². The zero-order valence-electron chi connectivity index (χ0n) is 9.14. The fraction of sp³-hybridized carbons (Fsp3) is 0.250. The molecule has 1 aromatic rings. The lowest BCUT2D eigenvalue weighted by molar-refractivity contribution is 0.460. The molecule has 3 rings (SSSR count). The van der Waals surface area contributed by atoms with Gasteiger partial charge in [0.05, 0.1) is 11.4 Å². The minimum atomic E-state index is 0.133. The van der Waals surface area contributed by atoms with Crippen LogP contribution in [0.15, 0.2) is 23.2 Å². The van der Waals surface area contributed by atoms with Gasteiger partial charge in [-0.05, 0) is 23.6 Å². The Hall–Kier alpha value is -1.42. The zero-order valence-corrected chi connectivity index (χ0v) is 9.95. The molecule has 1 aliphatic carbocycles. The molecule has 4 heteroatoms. The van der Waals surface area contributed by atoms with Crippen LogP contribution in [0.5, 0.6) is 5.75 Å². The van der Waals surface area contributed by atoms with E-state index in [4.69, 9.17) is 0 Å². The van der Waals surface area contributed by atoms with Crippen molar-refractivity contribution in [1.82, 2.24) is 4.90 Å². The van der Waals surface area contributed by atoms with E-state index >= 15 is 0 Å². The highest BCUT2D eigenvalue weighted by Gasteiger charge is 2.29. The molecular weight excluding hydrogens is 220 g/mol. The van der Waals surface area contributed by atoms with Crippen LogP contribution in [-0.2, 0) is 0 Å². The van der Waals surface area contributed by atoms with Gasteiger partial charge in [0, 0.05) is 12.3 Å². The van der Waals surface area contributed by atoms with Gasteiger partial charge >= 0.3 is 0 Å². The maximum Gasteiger partial charge on any atom is 0.169 e. The zero-order chi connectivity index (χ0) is 11.3. The molecule has 1 unspecified atom stereocenters. The number of fused-ring (bicyclic) bond motifs is 2. The van der Waals surface area contributed by atoms with Gasteiger partial charge in [-0.2, -0.15) is 0 Å². The highest BCUT2D eigenvalue weighted by molar-refractivity contribution is 7.99. The molecular formula is C12H12N2OS. The SMILES string of the molecule is CSC1N=C2C=c3cccc(O)c3=C2N1C. The van der Waals surface area contributed by atoms with E-state index in [1.807, 2.05) is 31.5 Å². The number of hydrogen-bond donors (Lipinski definition) is 1. The lowest BCUT2D eigenvalue weighted by atomic mass is 10.2. The summed E-state index contributed by atoms with van der Waals surface area (Å²) in [7, 11) is 2.02. The van der Waals surface area contributed by atoms with E-state index in [2.05, 4.69) is 9.89 Å². The quantitative estimate of drug-likeness (QED) is 0.758. The van der Waals surface area contributed by atoms with E-state index in [0.717, 1.165) is 21.8 Å². The molecule has 2 aliphatic rings. The molecule has 0 fully saturated rings. The van der Waals surface area contributed by atoms with Crippen molar-refractivity contribution in [2.24, 2.45) is 4.99 Å². The topological polar surface area (TPSA) is 35.8 Å². The summed E-state index contributed by atoms with van der Waals surface area (Å²) in [5, 5.41) is 11.9. The lowest BCUT2D eigenvalue weighted by Gasteiger charge is -2.19. The van der Waals surface area contributed by atoms with Gasteiger partial charge in [-0.3, -0.25) is 0 Å². The second-order valence-corrected chi connectivity index (χ2v) is 4.81. The first-order valence-corrected chi connectivity index (χ1v) is 6.39. The fourth-order valence-corrected chi connectivity index (χ4v) is 2.90. The Morgan fingerprint density at radius 3 is 3.00 bits per heavy atom. The number of phenols is 1. The van der Waals surface area contributed by atoms with E-state index in [0.29, 0.717) is 5.75 Å². The molecule has 0 bridgehead atoms. The summed E-state index contributed by atoms with van der Waals surface area (Å²) in [4.78, 5) is 6.72. The largest absolute Gasteiger partial charge is 0.507 e. The van der Waals surface area contributed by atoms with Gasteiger partial charge < -0.3 is 10.0 Å². The van der Waals surface area contributed by atoms with E-state index in [-0.39, 0.29) is 5.50 Å². The Morgan fingerprint density at radius 1 is 1.44 bits per heavy atom. The van der Waals surface area contributed by atoms with Crippen LogP contribution in [0, 0.1) is 0 Å². The Morgan fingerprint density at radius 2 is 2.25 bits per heavy atom. The van der Waals surface area contributed by atoms with Gasteiger partial charge in [0.1, 0.15) is 5.75 Å². The Kier molecular flexibility index (Phi) is 2.01. The maximum atomic E-state index is 9.93. The molecule has 1 N–H and O–H groups in total. The van der Waals surface area contributed by atoms with Crippen molar-refractivity contribution in [3.05, 3.63) is 28.6 Å². The van der Waals surface area contributed by atoms with Crippen LogP contribution < -0.4 is 10.4 Å². The monoisotopic (exact) mass is 232 g/mol. The van der Waals surface area contributed by atoms with Crippen molar-refractivity contribution in [2.45, 2.75) is 5.50 Å². The minimum Gasteiger partial charge on any atom is -0.507 e. The van der Waals surface area contributed by atoms with Crippen LogP contribution >= 0.6 is 11.8 Å². The predicted octanol–water partition coefficient (Wildman–Crippen LogP) is 0.328. The summed E-state index contributed by atoms with van der Waals surface area (Å²) in [5.74, 6) is 0.336. The summed E-state index contributed by atoms with van der Waals surface area (Å²) in [5.41, 5.74) is 2.17. The van der Waals surface area contributed by atoms with Crippen LogP contribution in [0.4, 0.5) is 0 Å². The number of hydrogen-bond acceptors (Lipinski definition) is 4. The number of thioether (sulfide) groups is 1. The molecule has 3 nitrogen and oxygen atoms in total. The Labute approximate surface area is 97.8 Å². The Balaban J connectivity index is 2.34. The normalized spacial score (nSPS) is 21.6. The summed E-state index contributed by atoms with van der Waals surface area (Å²) in [6, 6.07) is 5.59. The summed E-state index contributed by atoms with van der Waals surface area (Å²) in [6.45, 7) is 0. The fourth-order valence-electron chi connectivity index (χ4n) is 2.26. The average Bonchev–Trinajstić information content (AvgIpc) is 2.76. The van der Waals surface area contributed by atoms with Crippen LogP contribution in [0.25, 0.3) is 11.8 Å². The molecule has 1 heterocycles. The number of nitrogens with zero attached hydrogens (tertiary/aromatic N) is 2. The summed E-state index contributed by atoms with van der Waals surface area (Å²) >= 11 is 1.69. The molecule has 0 spiro atoms. The second kappa shape index (κ2) is 3.28. The molecule has 1 aliphatic heterocycles. The molecule has 0 aromatic heterocycles. The number of rotatable bonds is 1. The Bertz CT molecular complexity index is 606. The van der Waals surface area contributed by atoms with Crippen molar-refractivity contribution >= 4 is 29.2 Å². The van der Waals surface area contributed by atoms with Crippen LogP contribution in [0.2, 0.25) is 0 Å². The predicted molar refractivity (Wildman–Crippen MR) is 67.7 cm³/mol. The number of aromatic hydroxyl groups is 1. The maximum absolute atomic E-state index is 9.93. The molecule has 0 saturated heterocycles. The molecule has 1 aromatic carbocycles. The molecule has 1 atom stereocenters. The summed E-state index contributed by atoms with van der Waals surface area (Å²) < 4.78 is 0. The van der Waals surface area contributed by atoms with E-state index in [1.54, 1.807) is 17.8 Å². The van der Waals surface area contributed by atoms with Gasteiger partial charge in [-0.15, -0.1) is 11.8 Å². The number of phenolic OH excluding ortho intramolecular Hbond substituents is 1. The van der Waals surface area contributed by atoms with Crippen LogP contribution in [0.1, 0.15) is 0 Å². The number of aliphatic imine (C=N–C) groups is 1. The molecule has 82 valence electrons. The van der Waals surface area contributed by atoms with Gasteiger partial charge in [-0.1, -0.05) is 12.1 Å². The third-order valence-corrected chi connectivity index (χ3v) is 3.83. The van der Waals surface area contributed by atoms with Crippen molar-refractivity contribution in [1.29, 1.82) is 0 Å². The van der Waals surface area contributed by atoms with Crippen molar-refractivity contribution in [3.8, 4) is 5.75 Å². The first-order valence-electron chi connectivity index (χ1n) is 5.10. The van der Waals surface area contributed by atoms with Crippen molar-refractivity contribution in [3.63, 3.8) is 0 Å². The average molecular weight is 232 g/mol. The van der Waals surface area contributed by atoms with Gasteiger partial charge in [0.25, 0.3) is 0 Å². The van der Waals surface area contributed by atoms with Gasteiger partial charge in [0.15, 0.2) is 5.50 Å². The third-order valence-electron chi connectivity index (χ3n) is 2.99. The first-order chi connectivity index (χ1) is 7.72. The van der Waals surface area contributed by atoms with Crippen molar-refractivity contribution in [2.75, 3.05) is 13.3 Å². The van der Waals surface area contributed by atoms with E-state index in [1.165, 1.54) is 0 Å². The summed E-state index contributed by atoms with van der Waals surface area (Å²) in [6.07, 6.45) is 4.08. The van der Waals surface area contributed by atoms with Crippen molar-refractivity contribution < 1.29 is 5.11 Å². The van der Waals surface area contributed by atoms with Gasteiger partial charge in [-0.25, -0.2) is 4.99 Å². The lowest BCUT2D eigenvalue weighted by Crippen LogP contribution is -2.30. The minimum absolute atomic E-state index is 0.133. The first kappa shape index (κ1) is 9.78. The molecule has 0 amide bonds. The third kappa shape index (κ3) is 1.13. The molecule has 0 saturated carbocycles. The highest BCUT2D eigenvalue weighted by atomic mass is 32.2. The molecule has 0 radical (unpaired) electrons. The van der Waals surface area contributed by atoms with Crippen LogP contribution in [0.3, 0.4) is 0 Å². The molecule has 16 heavy (non-hydrogen) atoms. The standard InChI is InChI=1S/C12H12N2OS/c1-14-11-8(13-12(14)16-2)6-7-4-3-5-9(15)10(7)11/h3-6,12,15H,1-2H3. The van der Waals surface area contributed by atoms with E-state index in [9.17, 15) is 5.11 Å². The van der Waals surface area contributed by atoms with Gasteiger partial charge in [0.2, 0.25) is 0 Å². The number of benzene rings is 1.